The Hall–Kier alpha value is -3.59. The van der Waals surface area contributed by atoms with E-state index in [4.69, 9.17) is 5.73 Å². The number of nitrogens with zero attached hydrogens (tertiary/aromatic N) is 2. The summed E-state index contributed by atoms with van der Waals surface area (Å²) in [5.74, 6) is 0.721. The van der Waals surface area contributed by atoms with Crippen LogP contribution in [0.2, 0.25) is 0 Å². The number of pyridine rings is 1. The van der Waals surface area contributed by atoms with Gasteiger partial charge in [-0.25, -0.2) is 4.98 Å². The monoisotopic (exact) mass is 457 g/mol. The summed E-state index contributed by atoms with van der Waals surface area (Å²) < 4.78 is 39.1. The third-order valence-corrected chi connectivity index (χ3v) is 5.03. The number of nitrogens with two attached hydrogens (primary N) is 1. The van der Waals surface area contributed by atoms with E-state index >= 15 is 0 Å². The van der Waals surface area contributed by atoms with Crippen molar-refractivity contribution in [3.63, 3.8) is 0 Å². The van der Waals surface area contributed by atoms with Crippen molar-refractivity contribution >= 4 is 23.5 Å². The molecule has 3 aromatic rings. The molecule has 1 aromatic heterocycles. The summed E-state index contributed by atoms with van der Waals surface area (Å²) in [7, 11) is 1.63. The van der Waals surface area contributed by atoms with Gasteiger partial charge in [-0.15, -0.1) is 0 Å². The Labute approximate surface area is 190 Å². The minimum absolute atomic E-state index is 0.148. The largest absolute Gasteiger partial charge is 0.416 e. The molecule has 1 heterocycles. The van der Waals surface area contributed by atoms with Gasteiger partial charge in [-0.1, -0.05) is 24.3 Å². The highest BCUT2D eigenvalue weighted by atomic mass is 19.4. The lowest BCUT2D eigenvalue weighted by Crippen LogP contribution is -2.13. The predicted molar refractivity (Wildman–Crippen MR) is 126 cm³/mol. The van der Waals surface area contributed by atoms with Crippen molar-refractivity contribution in [1.82, 2.24) is 4.98 Å². The smallest absolute Gasteiger partial charge is 0.383 e. The zero-order valence-corrected chi connectivity index (χ0v) is 18.5. The number of hydrogen-bond donors (Lipinski definition) is 4. The standard InChI is InChI=1S/C24H26F3N5O/c1-14-21(17-7-9-19(10-8-17)31-15(2)33)20(13-29-3)22(28)32-23(14)30-12-16-5-4-6-18(11-16)24(25,26)27/h4-11,13,15,31,33H,12H2,1-3H3,(H3,28,30,32). The molecule has 1 unspecified atom stereocenters. The molecule has 0 saturated carbocycles. The first-order chi connectivity index (χ1) is 15.6. The molecule has 33 heavy (non-hydrogen) atoms. The van der Waals surface area contributed by atoms with E-state index < -0.39 is 18.0 Å². The molecule has 0 aliphatic carbocycles. The zero-order valence-electron chi connectivity index (χ0n) is 18.5. The Balaban J connectivity index is 1.97. The van der Waals surface area contributed by atoms with Gasteiger partial charge in [-0.3, -0.25) is 4.99 Å². The average molecular weight is 458 g/mol. The molecule has 1 atom stereocenters. The van der Waals surface area contributed by atoms with Crippen LogP contribution >= 0.6 is 0 Å². The van der Waals surface area contributed by atoms with Crippen LogP contribution in [0.5, 0.6) is 0 Å². The third-order valence-electron chi connectivity index (χ3n) is 5.03. The fourth-order valence-corrected chi connectivity index (χ4v) is 3.53. The van der Waals surface area contributed by atoms with Crippen LogP contribution in [0.25, 0.3) is 11.1 Å². The highest BCUT2D eigenvalue weighted by molar-refractivity contribution is 5.98. The lowest BCUT2D eigenvalue weighted by Gasteiger charge is -2.18. The second-order valence-corrected chi connectivity index (χ2v) is 7.60. The highest BCUT2D eigenvalue weighted by Gasteiger charge is 2.30. The van der Waals surface area contributed by atoms with Crippen LogP contribution in [0.4, 0.5) is 30.5 Å². The maximum atomic E-state index is 13.0. The molecular weight excluding hydrogens is 431 g/mol. The lowest BCUT2D eigenvalue weighted by atomic mass is 9.96. The quantitative estimate of drug-likeness (QED) is 0.294. The van der Waals surface area contributed by atoms with Crippen LogP contribution < -0.4 is 16.4 Å². The van der Waals surface area contributed by atoms with E-state index in [9.17, 15) is 18.3 Å². The summed E-state index contributed by atoms with van der Waals surface area (Å²) in [6.45, 7) is 3.64. The van der Waals surface area contributed by atoms with E-state index in [1.54, 1.807) is 26.3 Å². The fourth-order valence-electron chi connectivity index (χ4n) is 3.53. The molecule has 6 nitrogen and oxygen atoms in total. The third kappa shape index (κ3) is 5.81. The van der Waals surface area contributed by atoms with Crippen molar-refractivity contribution in [3.8, 4) is 11.1 Å². The van der Waals surface area contributed by atoms with Gasteiger partial charge in [0, 0.05) is 42.2 Å². The van der Waals surface area contributed by atoms with Crippen LogP contribution in [-0.4, -0.2) is 29.6 Å². The first kappa shape index (κ1) is 24.1. The van der Waals surface area contributed by atoms with Gasteiger partial charge in [0.15, 0.2) is 0 Å². The molecule has 5 N–H and O–H groups in total. The number of aliphatic imine (C=N–C) groups is 1. The van der Waals surface area contributed by atoms with Gasteiger partial charge < -0.3 is 21.5 Å². The molecule has 0 saturated heterocycles. The van der Waals surface area contributed by atoms with E-state index in [1.165, 1.54) is 6.07 Å². The Kier molecular flexibility index (Phi) is 7.23. The fraction of sp³-hybridized carbons (Fsp3) is 0.250. The minimum Gasteiger partial charge on any atom is -0.383 e. The molecule has 0 amide bonds. The molecule has 0 aliphatic heterocycles. The van der Waals surface area contributed by atoms with Gasteiger partial charge in [0.05, 0.1) is 5.56 Å². The van der Waals surface area contributed by atoms with E-state index in [2.05, 4.69) is 20.6 Å². The Morgan fingerprint density at radius 3 is 2.48 bits per heavy atom. The van der Waals surface area contributed by atoms with Gasteiger partial charge in [0.1, 0.15) is 17.9 Å². The number of benzene rings is 2. The zero-order chi connectivity index (χ0) is 24.2. The van der Waals surface area contributed by atoms with Crippen molar-refractivity contribution in [1.29, 1.82) is 0 Å². The summed E-state index contributed by atoms with van der Waals surface area (Å²) in [5.41, 5.74) is 9.84. The molecule has 0 bridgehead atoms. The summed E-state index contributed by atoms with van der Waals surface area (Å²) in [6.07, 6.45) is -3.47. The number of aliphatic hydroxyl groups excluding tert-OH is 1. The molecule has 2 aromatic carbocycles. The van der Waals surface area contributed by atoms with Crippen LogP contribution in [0.3, 0.4) is 0 Å². The van der Waals surface area contributed by atoms with Crippen molar-refractivity contribution < 1.29 is 18.3 Å². The first-order valence-corrected chi connectivity index (χ1v) is 10.3. The predicted octanol–water partition coefficient (Wildman–Crippen LogP) is 5.07. The van der Waals surface area contributed by atoms with E-state index in [0.717, 1.165) is 34.5 Å². The number of hydrogen-bond acceptors (Lipinski definition) is 6. The SMILES string of the molecule is CN=Cc1c(N)nc(NCc2cccc(C(F)(F)F)c2)c(C)c1-c1ccc(NC(C)O)cc1. The maximum Gasteiger partial charge on any atom is 0.416 e. The van der Waals surface area contributed by atoms with Crippen LogP contribution in [0.1, 0.15) is 29.2 Å². The van der Waals surface area contributed by atoms with Gasteiger partial charge in [-0.2, -0.15) is 13.2 Å². The molecule has 9 heteroatoms. The second-order valence-electron chi connectivity index (χ2n) is 7.60. The van der Waals surface area contributed by atoms with Gasteiger partial charge in [0.25, 0.3) is 0 Å². The summed E-state index contributed by atoms with van der Waals surface area (Å²) >= 11 is 0. The van der Waals surface area contributed by atoms with Crippen LogP contribution in [0, 0.1) is 6.92 Å². The lowest BCUT2D eigenvalue weighted by molar-refractivity contribution is -0.137. The topological polar surface area (TPSA) is 95.6 Å². The summed E-state index contributed by atoms with van der Waals surface area (Å²) in [4.78, 5) is 8.52. The van der Waals surface area contributed by atoms with E-state index in [0.29, 0.717) is 16.9 Å². The number of nitrogen functional groups attached to an aromatic ring is 1. The van der Waals surface area contributed by atoms with E-state index in [-0.39, 0.29) is 12.4 Å². The average Bonchev–Trinajstić information content (AvgIpc) is 2.75. The van der Waals surface area contributed by atoms with Crippen LogP contribution in [-0.2, 0) is 12.7 Å². The number of alkyl halides is 3. The molecule has 0 spiro atoms. The number of halogens is 3. The Morgan fingerprint density at radius 2 is 1.88 bits per heavy atom. The van der Waals surface area contributed by atoms with Gasteiger partial charge in [-0.05, 0) is 49.2 Å². The number of anilines is 3. The number of aromatic nitrogens is 1. The molecule has 0 aliphatic rings. The van der Waals surface area contributed by atoms with Gasteiger partial charge in [0.2, 0.25) is 0 Å². The normalized spacial score (nSPS) is 12.7. The van der Waals surface area contributed by atoms with Crippen molar-refractivity contribution in [2.75, 3.05) is 23.4 Å². The molecule has 0 radical (unpaired) electrons. The Morgan fingerprint density at radius 1 is 1.18 bits per heavy atom. The molecule has 174 valence electrons. The second kappa shape index (κ2) is 9.91. The van der Waals surface area contributed by atoms with Gasteiger partial charge >= 0.3 is 6.18 Å². The maximum absolute atomic E-state index is 13.0. The molecule has 0 fully saturated rings. The number of aliphatic hydroxyl groups is 1. The van der Waals surface area contributed by atoms with Crippen molar-refractivity contribution in [2.45, 2.75) is 32.8 Å². The van der Waals surface area contributed by atoms with Crippen molar-refractivity contribution in [3.05, 3.63) is 70.8 Å². The first-order valence-electron chi connectivity index (χ1n) is 10.3. The number of rotatable bonds is 7. The number of nitrogens with one attached hydrogen (secondary N) is 2. The summed E-state index contributed by atoms with van der Waals surface area (Å²) in [5, 5.41) is 15.5. The van der Waals surface area contributed by atoms with E-state index in [1.807, 2.05) is 31.2 Å². The molecule has 3 rings (SSSR count). The van der Waals surface area contributed by atoms with Crippen LogP contribution in [0.15, 0.2) is 53.5 Å². The highest BCUT2D eigenvalue weighted by Crippen LogP contribution is 2.34. The Bertz CT molecular complexity index is 1140. The van der Waals surface area contributed by atoms with Crippen molar-refractivity contribution in [2.24, 2.45) is 4.99 Å². The summed E-state index contributed by atoms with van der Waals surface area (Å²) in [6, 6.07) is 12.6. The minimum atomic E-state index is -4.41. The molecular formula is C24H26F3N5O.